The molecule has 0 N–H and O–H groups in total. The molecule has 3 heterocycles. The van der Waals surface area contributed by atoms with E-state index in [0.29, 0.717) is 22.6 Å². The summed E-state index contributed by atoms with van der Waals surface area (Å²) in [6.07, 6.45) is 2.99. The van der Waals surface area contributed by atoms with Crippen molar-refractivity contribution in [3.05, 3.63) is 57.6 Å². The normalized spacial score (nSPS) is 16.3. The number of thioether (sulfide) groups is 1. The van der Waals surface area contributed by atoms with E-state index in [1.807, 2.05) is 38.1 Å². The number of nitrogens with zero attached hydrogens (tertiary/aromatic N) is 3. The number of aryl methyl sites for hydroxylation is 1. The van der Waals surface area contributed by atoms with Crippen LogP contribution in [0.4, 0.5) is 0 Å². The van der Waals surface area contributed by atoms with E-state index in [2.05, 4.69) is 11.5 Å². The van der Waals surface area contributed by atoms with Gasteiger partial charge < -0.3 is 9.30 Å². The van der Waals surface area contributed by atoms with Crippen LogP contribution in [-0.4, -0.2) is 38.4 Å². The highest BCUT2D eigenvalue weighted by molar-refractivity contribution is 7.99. The van der Waals surface area contributed by atoms with Gasteiger partial charge in [0.05, 0.1) is 29.3 Å². The Bertz CT molecular complexity index is 1160. The van der Waals surface area contributed by atoms with Crippen molar-refractivity contribution in [3.8, 4) is 0 Å². The molecule has 0 saturated carbocycles. The lowest BCUT2D eigenvalue weighted by atomic mass is 10.2. The van der Waals surface area contributed by atoms with Crippen LogP contribution in [0.15, 0.2) is 40.3 Å². The second-order valence-corrected chi connectivity index (χ2v) is 9.05. The van der Waals surface area contributed by atoms with Gasteiger partial charge in [0.1, 0.15) is 0 Å². The van der Waals surface area contributed by atoms with Crippen molar-refractivity contribution < 1.29 is 9.53 Å². The Hall–Kier alpha value is -2.38. The number of para-hydroxylation sites is 1. The third-order valence-corrected chi connectivity index (χ3v) is 6.87. The predicted molar refractivity (Wildman–Crippen MR) is 124 cm³/mol. The molecule has 0 spiro atoms. The second-order valence-electron chi connectivity index (χ2n) is 8.11. The summed E-state index contributed by atoms with van der Waals surface area (Å²) in [7, 11) is 0. The van der Waals surface area contributed by atoms with Gasteiger partial charge in [0, 0.05) is 30.1 Å². The molecule has 1 unspecified atom stereocenters. The highest BCUT2D eigenvalue weighted by Crippen LogP contribution is 2.24. The predicted octanol–water partition coefficient (Wildman–Crippen LogP) is 4.38. The zero-order valence-electron chi connectivity index (χ0n) is 18.4. The summed E-state index contributed by atoms with van der Waals surface area (Å²) in [5.41, 5.74) is 3.46. The summed E-state index contributed by atoms with van der Waals surface area (Å²) in [6, 6.07) is 9.35. The van der Waals surface area contributed by atoms with Crippen LogP contribution in [-0.2, 0) is 17.8 Å². The number of ketones is 1. The van der Waals surface area contributed by atoms with Crippen LogP contribution in [0.25, 0.3) is 10.9 Å². The first kappa shape index (κ1) is 21.8. The molecule has 3 aromatic rings. The first-order chi connectivity index (χ1) is 15.0. The number of ether oxygens (including phenoxy) is 1. The lowest BCUT2D eigenvalue weighted by Crippen LogP contribution is -2.29. The number of aromatic nitrogens is 3. The molecule has 0 bridgehead atoms. The maximum atomic E-state index is 13.2. The minimum atomic E-state index is -0.0721. The van der Waals surface area contributed by atoms with E-state index in [1.165, 1.54) is 11.8 Å². The average molecular weight is 440 g/mol. The third-order valence-electron chi connectivity index (χ3n) is 5.89. The molecule has 1 aliphatic rings. The van der Waals surface area contributed by atoms with E-state index in [1.54, 1.807) is 10.6 Å². The molecule has 4 rings (SSSR count). The molecular weight excluding hydrogens is 410 g/mol. The Morgan fingerprint density at radius 2 is 2.06 bits per heavy atom. The second kappa shape index (κ2) is 9.40. The minimum absolute atomic E-state index is 0.0173. The van der Waals surface area contributed by atoms with Crippen LogP contribution in [0.5, 0.6) is 0 Å². The first-order valence-corrected chi connectivity index (χ1v) is 11.9. The largest absolute Gasteiger partial charge is 0.376 e. The zero-order chi connectivity index (χ0) is 22.0. The summed E-state index contributed by atoms with van der Waals surface area (Å²) < 4.78 is 9.65. The molecule has 0 amide bonds. The standard InChI is InChI=1S/C24H29N3O3S/c1-4-11-26-16(2)13-20(17(26)3)22(28)15-31-24-25-21-10-6-5-9-19(21)23(29)27(24)14-18-8-7-12-30-18/h5-6,9-10,13,18H,4,7-8,11-12,14-15H2,1-3H3. The van der Waals surface area contributed by atoms with E-state index < -0.39 is 0 Å². The van der Waals surface area contributed by atoms with Gasteiger partial charge >= 0.3 is 0 Å². The van der Waals surface area contributed by atoms with Crippen molar-refractivity contribution in [3.63, 3.8) is 0 Å². The molecule has 1 fully saturated rings. The van der Waals surface area contributed by atoms with Gasteiger partial charge in [0.25, 0.3) is 5.56 Å². The van der Waals surface area contributed by atoms with Crippen molar-refractivity contribution >= 4 is 28.4 Å². The SMILES string of the molecule is CCCn1c(C)cc(C(=O)CSc2nc3ccccc3c(=O)n2CC2CCCO2)c1C. The minimum Gasteiger partial charge on any atom is -0.376 e. The smallest absolute Gasteiger partial charge is 0.262 e. The lowest BCUT2D eigenvalue weighted by Gasteiger charge is -2.16. The van der Waals surface area contributed by atoms with Crippen molar-refractivity contribution in [2.45, 2.75) is 64.4 Å². The Morgan fingerprint density at radius 1 is 1.26 bits per heavy atom. The fourth-order valence-corrected chi connectivity index (χ4v) is 5.16. The van der Waals surface area contributed by atoms with Crippen LogP contribution < -0.4 is 5.56 Å². The quantitative estimate of drug-likeness (QED) is 0.296. The van der Waals surface area contributed by atoms with Crippen molar-refractivity contribution in [1.82, 2.24) is 14.1 Å². The van der Waals surface area contributed by atoms with Crippen molar-refractivity contribution in [2.24, 2.45) is 0 Å². The number of hydrogen-bond donors (Lipinski definition) is 0. The molecule has 6 nitrogen and oxygen atoms in total. The average Bonchev–Trinajstić information content (AvgIpc) is 3.38. The maximum absolute atomic E-state index is 13.2. The van der Waals surface area contributed by atoms with Crippen molar-refractivity contribution in [2.75, 3.05) is 12.4 Å². The van der Waals surface area contributed by atoms with E-state index in [4.69, 9.17) is 9.72 Å². The lowest BCUT2D eigenvalue weighted by molar-refractivity contribution is 0.0937. The van der Waals surface area contributed by atoms with Crippen LogP contribution in [0.1, 0.15) is 47.9 Å². The van der Waals surface area contributed by atoms with Gasteiger partial charge in [0.15, 0.2) is 10.9 Å². The molecule has 1 aromatic carbocycles. The number of hydrogen-bond acceptors (Lipinski definition) is 5. The highest BCUT2D eigenvalue weighted by Gasteiger charge is 2.22. The number of Topliss-reactive ketones (excluding diaryl/α,β-unsaturated/α-hetero) is 1. The van der Waals surface area contributed by atoms with E-state index in [-0.39, 0.29) is 23.2 Å². The molecule has 7 heteroatoms. The number of benzene rings is 1. The van der Waals surface area contributed by atoms with Gasteiger partial charge in [-0.25, -0.2) is 4.98 Å². The van der Waals surface area contributed by atoms with Gasteiger partial charge in [-0.3, -0.25) is 14.2 Å². The number of rotatable bonds is 8. The number of carbonyl (C=O) groups is 1. The zero-order valence-corrected chi connectivity index (χ0v) is 19.2. The van der Waals surface area contributed by atoms with Gasteiger partial charge in [-0.2, -0.15) is 0 Å². The summed E-state index contributed by atoms with van der Waals surface area (Å²) in [5.74, 6) is 0.304. The highest BCUT2D eigenvalue weighted by atomic mass is 32.2. The van der Waals surface area contributed by atoms with E-state index >= 15 is 0 Å². The van der Waals surface area contributed by atoms with E-state index in [0.717, 1.165) is 49.4 Å². The maximum Gasteiger partial charge on any atom is 0.262 e. The first-order valence-electron chi connectivity index (χ1n) is 10.9. The number of carbonyl (C=O) groups excluding carboxylic acids is 1. The Balaban J connectivity index is 1.62. The summed E-state index contributed by atoms with van der Waals surface area (Å²) in [6.45, 7) is 8.28. The number of fused-ring (bicyclic) bond motifs is 1. The Morgan fingerprint density at radius 3 is 2.81 bits per heavy atom. The van der Waals surface area contributed by atoms with Crippen LogP contribution in [0, 0.1) is 13.8 Å². The molecule has 164 valence electrons. The molecule has 0 radical (unpaired) electrons. The molecule has 1 atom stereocenters. The molecular formula is C24H29N3O3S. The van der Waals surface area contributed by atoms with Crippen LogP contribution >= 0.6 is 11.8 Å². The fraction of sp³-hybridized carbons (Fsp3) is 0.458. The van der Waals surface area contributed by atoms with Crippen LogP contribution in [0.2, 0.25) is 0 Å². The summed E-state index contributed by atoms with van der Waals surface area (Å²) in [4.78, 5) is 31.0. The van der Waals surface area contributed by atoms with Gasteiger partial charge in [-0.05, 0) is 51.3 Å². The van der Waals surface area contributed by atoms with Gasteiger partial charge in [0.2, 0.25) is 0 Å². The Labute approximate surface area is 186 Å². The molecule has 0 aliphatic carbocycles. The topological polar surface area (TPSA) is 66.1 Å². The summed E-state index contributed by atoms with van der Waals surface area (Å²) in [5, 5.41) is 1.18. The van der Waals surface area contributed by atoms with Crippen molar-refractivity contribution in [1.29, 1.82) is 0 Å². The molecule has 1 aliphatic heterocycles. The Kier molecular flexibility index (Phi) is 6.62. The monoisotopic (exact) mass is 439 g/mol. The van der Waals surface area contributed by atoms with Crippen LogP contribution in [0.3, 0.4) is 0 Å². The molecule has 31 heavy (non-hydrogen) atoms. The third kappa shape index (κ3) is 4.48. The fourth-order valence-electron chi connectivity index (χ4n) is 4.27. The van der Waals surface area contributed by atoms with Gasteiger partial charge in [-0.1, -0.05) is 30.8 Å². The summed E-state index contributed by atoms with van der Waals surface area (Å²) >= 11 is 1.34. The molecule has 1 saturated heterocycles. The van der Waals surface area contributed by atoms with Gasteiger partial charge in [-0.15, -0.1) is 0 Å². The van der Waals surface area contributed by atoms with E-state index in [9.17, 15) is 9.59 Å². The molecule has 2 aromatic heterocycles.